The average molecular weight is 537 g/mol. The molecule has 3 rings (SSSR count). The van der Waals surface area contributed by atoms with E-state index in [1.54, 1.807) is 36.4 Å². The fourth-order valence-electron chi connectivity index (χ4n) is 2.81. The summed E-state index contributed by atoms with van der Waals surface area (Å²) < 4.78 is 9.78. The number of hydrogen-bond donors (Lipinski definition) is 4. The summed E-state index contributed by atoms with van der Waals surface area (Å²) >= 11 is 0. The Morgan fingerprint density at radius 1 is 0.718 bits per heavy atom. The third-order valence-electron chi connectivity index (χ3n) is 4.70. The van der Waals surface area contributed by atoms with Crippen molar-refractivity contribution in [2.75, 3.05) is 14.2 Å². The number of phenols is 3. The molecule has 0 amide bonds. The Morgan fingerprint density at radius 3 is 1.56 bits per heavy atom. The lowest BCUT2D eigenvalue weighted by atomic mass is 10.1. The molecule has 0 bridgehead atoms. The number of methoxy groups -OCH3 is 2. The Bertz CT molecular complexity index is 1250. The van der Waals surface area contributed by atoms with Gasteiger partial charge in [-0.2, -0.15) is 0 Å². The highest BCUT2D eigenvalue weighted by atomic mass is 16.5. The zero-order chi connectivity index (χ0) is 29.4. The maximum atomic E-state index is 11.9. The van der Waals surface area contributed by atoms with Gasteiger partial charge in [0, 0.05) is 11.1 Å². The van der Waals surface area contributed by atoms with Gasteiger partial charge in [0.1, 0.15) is 17.8 Å². The molecule has 9 heteroatoms. The first kappa shape index (κ1) is 32.1. The normalized spacial score (nSPS) is 10.2. The van der Waals surface area contributed by atoms with Gasteiger partial charge in [-0.05, 0) is 79.6 Å². The molecule has 0 fully saturated rings. The minimum atomic E-state index is -0.274. The van der Waals surface area contributed by atoms with Crippen molar-refractivity contribution >= 4 is 30.0 Å². The molecule has 0 radical (unpaired) electrons. The highest BCUT2D eigenvalue weighted by molar-refractivity contribution is 6.04. The first-order chi connectivity index (χ1) is 18.5. The fourth-order valence-corrected chi connectivity index (χ4v) is 2.81. The second-order valence-corrected chi connectivity index (χ2v) is 8.00. The highest BCUT2D eigenvalue weighted by Gasteiger charge is 2.02. The van der Waals surface area contributed by atoms with Crippen LogP contribution in [0.5, 0.6) is 28.7 Å². The maximum Gasteiger partial charge on any atom is 0.178 e. The molecule has 3 aromatic rings. The monoisotopic (exact) mass is 536 g/mol. The number of aromatic hydroxyl groups is 3. The van der Waals surface area contributed by atoms with E-state index in [-0.39, 0.29) is 35.4 Å². The van der Waals surface area contributed by atoms with Crippen LogP contribution in [0.1, 0.15) is 40.9 Å². The number of aliphatic hydroxyl groups excluding tert-OH is 1. The summed E-state index contributed by atoms with van der Waals surface area (Å²) in [4.78, 5) is 31.6. The third-order valence-corrected chi connectivity index (χ3v) is 4.70. The molecule has 0 aliphatic rings. The van der Waals surface area contributed by atoms with E-state index in [1.165, 1.54) is 70.6 Å². The van der Waals surface area contributed by atoms with Crippen molar-refractivity contribution in [2.45, 2.75) is 20.5 Å². The Labute approximate surface area is 226 Å². The van der Waals surface area contributed by atoms with E-state index in [4.69, 9.17) is 19.7 Å². The van der Waals surface area contributed by atoms with Gasteiger partial charge in [0.15, 0.2) is 28.8 Å². The van der Waals surface area contributed by atoms with Crippen molar-refractivity contribution in [1.82, 2.24) is 0 Å². The van der Waals surface area contributed by atoms with Gasteiger partial charge in [-0.1, -0.05) is 24.3 Å². The second-order valence-electron chi connectivity index (χ2n) is 8.00. The zero-order valence-electron chi connectivity index (χ0n) is 22.1. The summed E-state index contributed by atoms with van der Waals surface area (Å²) in [6, 6.07) is 13.9. The number of phenolic OH excluding ortho intramolecular Hbond substituents is 2. The standard InChI is InChI=1S/C19H18O5.C8H8O3.C3H6O/c1-24-19-11-14(5-9-18(19)23)3-7-16(21)6-2-13-4-8-17(22)15(10-13)12-20;1-11-8-4-6(5-9)2-3-7(8)10;1-3(2)4/h2-11,20,22-23H,12H2,1H3;2-5,10H,1H3;1-2H3/b6-2+,7-3+;;. The molecule has 39 heavy (non-hydrogen) atoms. The van der Waals surface area contributed by atoms with Crippen molar-refractivity contribution in [2.24, 2.45) is 0 Å². The molecule has 0 unspecified atom stereocenters. The van der Waals surface area contributed by atoms with Crippen molar-refractivity contribution in [1.29, 1.82) is 0 Å². The van der Waals surface area contributed by atoms with Crippen LogP contribution in [0.3, 0.4) is 0 Å². The average Bonchev–Trinajstić information content (AvgIpc) is 2.92. The molecule has 0 saturated heterocycles. The molecule has 206 valence electrons. The number of rotatable bonds is 8. The molecule has 0 atom stereocenters. The lowest BCUT2D eigenvalue weighted by Crippen LogP contribution is -1.88. The van der Waals surface area contributed by atoms with Gasteiger partial charge in [0.25, 0.3) is 0 Å². The number of carbonyl (C=O) groups is 3. The Morgan fingerprint density at radius 2 is 1.13 bits per heavy atom. The van der Waals surface area contributed by atoms with E-state index >= 15 is 0 Å². The van der Waals surface area contributed by atoms with Crippen LogP contribution >= 0.6 is 0 Å². The number of allylic oxidation sites excluding steroid dienone is 2. The Hall–Kier alpha value is -4.89. The van der Waals surface area contributed by atoms with Crippen molar-refractivity contribution in [3.63, 3.8) is 0 Å². The smallest absolute Gasteiger partial charge is 0.178 e. The summed E-state index contributed by atoms with van der Waals surface area (Å²) in [6.45, 7) is 2.78. The lowest BCUT2D eigenvalue weighted by molar-refractivity contribution is -0.115. The molecule has 0 saturated carbocycles. The van der Waals surface area contributed by atoms with E-state index in [2.05, 4.69) is 0 Å². The Kier molecular flexibility index (Phi) is 13.8. The summed E-state index contributed by atoms with van der Waals surface area (Å²) in [5.74, 6) is 0.684. The molecular formula is C30H32O9. The molecule has 0 heterocycles. The number of ketones is 2. The molecule has 0 spiro atoms. The molecule has 0 aliphatic heterocycles. The number of carbonyl (C=O) groups excluding carboxylic acids is 3. The molecule has 0 aromatic heterocycles. The van der Waals surface area contributed by atoms with E-state index in [0.717, 1.165) is 5.56 Å². The first-order valence-electron chi connectivity index (χ1n) is 11.5. The van der Waals surface area contributed by atoms with Crippen molar-refractivity contribution < 1.29 is 44.3 Å². The SMILES string of the molecule is CC(C)=O.COc1cc(/C=C/C(=O)/C=C/c2ccc(O)c(CO)c2)ccc1O.COc1cc(C=O)ccc1O. The van der Waals surface area contributed by atoms with Crippen LogP contribution in [0.4, 0.5) is 0 Å². The van der Waals surface area contributed by atoms with Crippen molar-refractivity contribution in [3.05, 3.63) is 89.0 Å². The molecule has 9 nitrogen and oxygen atoms in total. The van der Waals surface area contributed by atoms with Crippen LogP contribution in [-0.4, -0.2) is 52.5 Å². The van der Waals surface area contributed by atoms with Crippen LogP contribution in [0.15, 0.2) is 66.7 Å². The number of ether oxygens (including phenoxy) is 2. The highest BCUT2D eigenvalue weighted by Crippen LogP contribution is 2.27. The largest absolute Gasteiger partial charge is 0.508 e. The summed E-state index contributed by atoms with van der Waals surface area (Å²) in [5, 5.41) is 37.2. The fraction of sp³-hybridized carbons (Fsp3) is 0.167. The van der Waals surface area contributed by atoms with Gasteiger partial charge in [-0.25, -0.2) is 0 Å². The van der Waals surface area contributed by atoms with Crippen molar-refractivity contribution in [3.8, 4) is 28.7 Å². The minimum Gasteiger partial charge on any atom is -0.508 e. The van der Waals surface area contributed by atoms with Crippen LogP contribution in [0.25, 0.3) is 12.2 Å². The third kappa shape index (κ3) is 11.8. The quantitative estimate of drug-likeness (QED) is 0.237. The summed E-state index contributed by atoms with van der Waals surface area (Å²) in [5.41, 5.74) is 2.31. The second kappa shape index (κ2) is 16.8. The maximum absolute atomic E-state index is 11.9. The minimum absolute atomic E-state index is 0.0159. The van der Waals surface area contributed by atoms with Gasteiger partial charge >= 0.3 is 0 Å². The topological polar surface area (TPSA) is 151 Å². The van der Waals surface area contributed by atoms with Gasteiger partial charge < -0.3 is 34.7 Å². The molecule has 0 aliphatic carbocycles. The van der Waals surface area contributed by atoms with E-state index in [9.17, 15) is 24.6 Å². The van der Waals surface area contributed by atoms with Crippen LogP contribution in [0.2, 0.25) is 0 Å². The lowest BCUT2D eigenvalue weighted by Gasteiger charge is -2.03. The van der Waals surface area contributed by atoms with Crippen LogP contribution in [-0.2, 0) is 16.2 Å². The van der Waals surface area contributed by atoms with E-state index in [0.29, 0.717) is 34.5 Å². The molecular weight excluding hydrogens is 504 g/mol. The number of aliphatic hydroxyl groups is 1. The van der Waals surface area contributed by atoms with Gasteiger partial charge in [0.2, 0.25) is 0 Å². The predicted molar refractivity (Wildman–Crippen MR) is 148 cm³/mol. The van der Waals surface area contributed by atoms with Crippen LogP contribution in [0, 0.1) is 0 Å². The number of aldehydes is 1. The number of benzene rings is 3. The number of hydrogen-bond acceptors (Lipinski definition) is 9. The molecule has 3 aromatic carbocycles. The van der Waals surface area contributed by atoms with Crippen LogP contribution < -0.4 is 9.47 Å². The predicted octanol–water partition coefficient (Wildman–Crippen LogP) is 4.70. The number of Topliss-reactive ketones (excluding diaryl/α,β-unsaturated/α-hetero) is 1. The summed E-state index contributed by atoms with van der Waals surface area (Å²) in [6.07, 6.45) is 6.70. The zero-order valence-corrected chi connectivity index (χ0v) is 22.1. The van der Waals surface area contributed by atoms with Gasteiger partial charge in [0.05, 0.1) is 20.8 Å². The Balaban J connectivity index is 0.000000418. The van der Waals surface area contributed by atoms with Gasteiger partial charge in [-0.15, -0.1) is 0 Å². The molecule has 4 N–H and O–H groups in total. The van der Waals surface area contributed by atoms with Gasteiger partial charge in [-0.3, -0.25) is 9.59 Å². The first-order valence-corrected chi connectivity index (χ1v) is 11.5. The van der Waals surface area contributed by atoms with E-state index in [1.807, 2.05) is 0 Å². The summed E-state index contributed by atoms with van der Waals surface area (Å²) in [7, 11) is 2.89. The van der Waals surface area contributed by atoms with E-state index < -0.39 is 0 Å².